The van der Waals surface area contributed by atoms with Crippen molar-refractivity contribution in [3.63, 3.8) is 0 Å². The summed E-state index contributed by atoms with van der Waals surface area (Å²) < 4.78 is 5.38. The Morgan fingerprint density at radius 3 is 2.71 bits per heavy atom. The number of nitrogens with one attached hydrogen (secondary N) is 1. The lowest BCUT2D eigenvalue weighted by Crippen LogP contribution is -2.42. The molecule has 2 heterocycles. The van der Waals surface area contributed by atoms with Gasteiger partial charge in [-0.25, -0.2) is 0 Å². The third kappa shape index (κ3) is 4.36. The van der Waals surface area contributed by atoms with Gasteiger partial charge in [-0.3, -0.25) is 4.98 Å². The smallest absolute Gasteiger partial charge is 0.228 e. The summed E-state index contributed by atoms with van der Waals surface area (Å²) in [5.74, 6) is 1.20. The predicted octanol–water partition coefficient (Wildman–Crippen LogP) is 3.09. The van der Waals surface area contributed by atoms with Gasteiger partial charge in [-0.15, -0.1) is 0 Å². The molecule has 0 aliphatic heterocycles. The lowest BCUT2D eigenvalue weighted by atomic mass is 9.84. The first kappa shape index (κ1) is 15.6. The van der Waals surface area contributed by atoms with Crippen LogP contribution in [0.4, 0.5) is 0 Å². The Kier molecular flexibility index (Phi) is 5.07. The van der Waals surface area contributed by atoms with E-state index < -0.39 is 0 Å². The predicted molar refractivity (Wildman–Crippen MR) is 82.8 cm³/mol. The number of aromatic nitrogens is 3. The first-order valence-corrected chi connectivity index (χ1v) is 7.48. The summed E-state index contributed by atoms with van der Waals surface area (Å²) >= 11 is 0. The fraction of sp³-hybridized carbons (Fsp3) is 0.562. The molecule has 5 nitrogen and oxygen atoms in total. The summed E-state index contributed by atoms with van der Waals surface area (Å²) in [5, 5.41) is 7.59. The van der Waals surface area contributed by atoms with Crippen LogP contribution in [0.1, 0.15) is 40.0 Å². The third-order valence-electron chi connectivity index (χ3n) is 3.43. The maximum absolute atomic E-state index is 5.38. The molecule has 0 spiro atoms. The first-order valence-electron chi connectivity index (χ1n) is 7.48. The topological polar surface area (TPSA) is 63.8 Å². The van der Waals surface area contributed by atoms with E-state index in [1.807, 2.05) is 18.2 Å². The van der Waals surface area contributed by atoms with Crippen molar-refractivity contribution < 1.29 is 4.52 Å². The largest absolute Gasteiger partial charge is 0.339 e. The molecule has 114 valence electrons. The van der Waals surface area contributed by atoms with Gasteiger partial charge in [0.15, 0.2) is 0 Å². The average molecular weight is 288 g/mol. The van der Waals surface area contributed by atoms with E-state index >= 15 is 0 Å². The van der Waals surface area contributed by atoms with E-state index in [0.717, 1.165) is 25.1 Å². The van der Waals surface area contributed by atoms with Crippen molar-refractivity contribution in [3.05, 3.63) is 30.3 Å². The molecule has 5 heteroatoms. The molecule has 0 amide bonds. The summed E-state index contributed by atoms with van der Waals surface area (Å²) in [6.07, 6.45) is 3.56. The summed E-state index contributed by atoms with van der Waals surface area (Å²) in [7, 11) is 0. The Morgan fingerprint density at radius 1 is 1.29 bits per heavy atom. The second kappa shape index (κ2) is 6.80. The molecular weight excluding hydrogens is 264 g/mol. The van der Waals surface area contributed by atoms with Crippen molar-refractivity contribution in [2.45, 2.75) is 46.6 Å². The molecular formula is C16H24N4O. The van der Waals surface area contributed by atoms with Gasteiger partial charge in [0.1, 0.15) is 5.69 Å². The fourth-order valence-corrected chi connectivity index (χ4v) is 2.11. The summed E-state index contributed by atoms with van der Waals surface area (Å²) in [6, 6.07) is 5.97. The van der Waals surface area contributed by atoms with Crippen LogP contribution in [-0.4, -0.2) is 27.7 Å². The maximum atomic E-state index is 5.38. The van der Waals surface area contributed by atoms with Crippen molar-refractivity contribution >= 4 is 0 Å². The SMILES string of the molecule is CCCNC(Cc1nc(-c2ccccn2)no1)C(C)(C)C. The Hall–Kier alpha value is -1.75. The Morgan fingerprint density at radius 2 is 2.10 bits per heavy atom. The van der Waals surface area contributed by atoms with Crippen LogP contribution in [0.5, 0.6) is 0 Å². The average Bonchev–Trinajstić information content (AvgIpc) is 2.92. The van der Waals surface area contributed by atoms with Crippen LogP contribution in [0.25, 0.3) is 11.5 Å². The van der Waals surface area contributed by atoms with Gasteiger partial charge in [0.2, 0.25) is 11.7 Å². The van der Waals surface area contributed by atoms with Gasteiger partial charge in [0.25, 0.3) is 0 Å². The van der Waals surface area contributed by atoms with Crippen molar-refractivity contribution in [1.82, 2.24) is 20.4 Å². The molecule has 0 aliphatic rings. The lowest BCUT2D eigenvalue weighted by molar-refractivity contribution is 0.244. The van der Waals surface area contributed by atoms with E-state index in [2.05, 4.69) is 48.1 Å². The molecule has 2 aromatic rings. The highest BCUT2D eigenvalue weighted by molar-refractivity contribution is 5.47. The third-order valence-corrected chi connectivity index (χ3v) is 3.43. The molecule has 1 unspecified atom stereocenters. The quantitative estimate of drug-likeness (QED) is 0.885. The number of nitrogens with zero attached hydrogens (tertiary/aromatic N) is 3. The number of hydrogen-bond acceptors (Lipinski definition) is 5. The van der Waals surface area contributed by atoms with E-state index in [1.165, 1.54) is 0 Å². The molecule has 0 saturated heterocycles. The van der Waals surface area contributed by atoms with Gasteiger partial charge < -0.3 is 9.84 Å². The molecule has 0 radical (unpaired) electrons. The molecule has 2 rings (SSSR count). The minimum absolute atomic E-state index is 0.134. The normalized spacial score (nSPS) is 13.3. The molecule has 0 fully saturated rings. The van der Waals surface area contributed by atoms with Gasteiger partial charge in [-0.1, -0.05) is 38.9 Å². The summed E-state index contributed by atoms with van der Waals surface area (Å²) in [5.41, 5.74) is 0.871. The monoisotopic (exact) mass is 288 g/mol. The van der Waals surface area contributed by atoms with Crippen molar-refractivity contribution in [2.75, 3.05) is 6.54 Å². The fourth-order valence-electron chi connectivity index (χ4n) is 2.11. The Balaban J connectivity index is 2.10. The standard InChI is InChI=1S/C16H24N4O/c1-5-9-18-13(16(2,3)4)11-14-19-15(20-21-14)12-8-6-7-10-17-12/h6-8,10,13,18H,5,9,11H2,1-4H3. The summed E-state index contributed by atoms with van der Waals surface area (Å²) in [6.45, 7) is 9.81. The summed E-state index contributed by atoms with van der Waals surface area (Å²) in [4.78, 5) is 8.70. The van der Waals surface area contributed by atoms with Gasteiger partial charge in [0, 0.05) is 18.7 Å². The van der Waals surface area contributed by atoms with Gasteiger partial charge in [-0.05, 0) is 30.5 Å². The zero-order valence-electron chi connectivity index (χ0n) is 13.3. The van der Waals surface area contributed by atoms with E-state index in [9.17, 15) is 0 Å². The van der Waals surface area contributed by atoms with Crippen molar-refractivity contribution in [2.24, 2.45) is 5.41 Å². The number of hydrogen-bond donors (Lipinski definition) is 1. The lowest BCUT2D eigenvalue weighted by Gasteiger charge is -2.30. The highest BCUT2D eigenvalue weighted by atomic mass is 16.5. The van der Waals surface area contributed by atoms with Crippen LogP contribution in [-0.2, 0) is 6.42 Å². The van der Waals surface area contributed by atoms with Crippen LogP contribution in [0.15, 0.2) is 28.9 Å². The zero-order valence-corrected chi connectivity index (χ0v) is 13.3. The van der Waals surface area contributed by atoms with Crippen LogP contribution in [0.3, 0.4) is 0 Å². The molecule has 0 saturated carbocycles. The minimum Gasteiger partial charge on any atom is -0.339 e. The Labute approximate surface area is 126 Å². The molecule has 1 atom stereocenters. The molecule has 21 heavy (non-hydrogen) atoms. The minimum atomic E-state index is 0.134. The van der Waals surface area contributed by atoms with Crippen molar-refractivity contribution in [3.8, 4) is 11.5 Å². The Bertz CT molecular complexity index is 545. The number of rotatable bonds is 6. The van der Waals surface area contributed by atoms with E-state index in [-0.39, 0.29) is 5.41 Å². The van der Waals surface area contributed by atoms with Gasteiger partial charge in [0.05, 0.1) is 0 Å². The molecule has 0 aromatic carbocycles. The van der Waals surface area contributed by atoms with Gasteiger partial charge in [-0.2, -0.15) is 4.98 Å². The first-order chi connectivity index (χ1) is 10.0. The van der Waals surface area contributed by atoms with Crippen LogP contribution < -0.4 is 5.32 Å². The second-order valence-electron chi connectivity index (χ2n) is 6.30. The van der Waals surface area contributed by atoms with Gasteiger partial charge >= 0.3 is 0 Å². The maximum Gasteiger partial charge on any atom is 0.228 e. The second-order valence-corrected chi connectivity index (χ2v) is 6.30. The molecule has 0 bridgehead atoms. The van der Waals surface area contributed by atoms with E-state index in [0.29, 0.717) is 17.8 Å². The van der Waals surface area contributed by atoms with Crippen LogP contribution in [0.2, 0.25) is 0 Å². The molecule has 1 N–H and O–H groups in total. The van der Waals surface area contributed by atoms with Crippen LogP contribution in [0, 0.1) is 5.41 Å². The highest BCUT2D eigenvalue weighted by Crippen LogP contribution is 2.23. The van der Waals surface area contributed by atoms with E-state index in [1.54, 1.807) is 6.20 Å². The number of pyridine rings is 1. The van der Waals surface area contributed by atoms with Crippen LogP contribution >= 0.6 is 0 Å². The zero-order chi connectivity index (χ0) is 15.3. The highest BCUT2D eigenvalue weighted by Gasteiger charge is 2.26. The van der Waals surface area contributed by atoms with Crippen molar-refractivity contribution in [1.29, 1.82) is 0 Å². The van der Waals surface area contributed by atoms with E-state index in [4.69, 9.17) is 4.52 Å². The molecule has 0 aliphatic carbocycles. The molecule has 2 aromatic heterocycles.